The molecule has 0 aromatic carbocycles. The predicted octanol–water partition coefficient (Wildman–Crippen LogP) is 0.441. The monoisotopic (exact) mass is 133 g/mol. The van der Waals surface area contributed by atoms with Crippen LogP contribution in [0.5, 0.6) is 0 Å². The second kappa shape index (κ2) is 3.92. The quantitative estimate of drug-likeness (QED) is 0.547. The molecule has 1 atom stereocenters. The van der Waals surface area contributed by atoms with Crippen LogP contribution in [0.4, 0.5) is 0 Å². The molecule has 0 bridgehead atoms. The van der Waals surface area contributed by atoms with E-state index >= 15 is 0 Å². The molecule has 0 saturated carbocycles. The number of hydrogen-bond acceptors (Lipinski definition) is 2. The van der Waals surface area contributed by atoms with Gasteiger partial charge in [-0.15, -0.1) is 12.6 Å². The highest BCUT2D eigenvalue weighted by molar-refractivity contribution is 7.96. The summed E-state index contributed by atoms with van der Waals surface area (Å²) >= 11 is 3.63. The lowest BCUT2D eigenvalue weighted by Gasteiger charge is -2.04. The maximum absolute atomic E-state index is 10.3. The van der Waals surface area contributed by atoms with Gasteiger partial charge < -0.3 is 5.32 Å². The van der Waals surface area contributed by atoms with E-state index in [4.69, 9.17) is 0 Å². The smallest absolute Gasteiger partial charge is 0.202 e. The molecular weight excluding hydrogens is 122 g/mol. The Morgan fingerprint density at radius 2 is 2.38 bits per heavy atom. The van der Waals surface area contributed by atoms with Crippen LogP contribution in [0.3, 0.4) is 0 Å². The molecule has 0 unspecified atom stereocenters. The first kappa shape index (κ1) is 7.98. The summed E-state index contributed by atoms with van der Waals surface area (Å²) in [6, 6.07) is -0.108. The van der Waals surface area contributed by atoms with Gasteiger partial charge in [0.05, 0.1) is 6.04 Å². The maximum Gasteiger partial charge on any atom is 0.202 e. The Morgan fingerprint density at radius 1 is 1.88 bits per heavy atom. The number of hydrogen-bond donors (Lipinski definition) is 2. The van der Waals surface area contributed by atoms with Crippen LogP contribution in [0, 0.1) is 0 Å². The first-order valence-electron chi connectivity index (χ1n) is 2.64. The number of rotatable bonds is 3. The van der Waals surface area contributed by atoms with Gasteiger partial charge in [-0.3, -0.25) is 4.79 Å². The molecule has 8 heavy (non-hydrogen) atoms. The average Bonchev–Trinajstić information content (AvgIpc) is 1.67. The van der Waals surface area contributed by atoms with Crippen molar-refractivity contribution in [3.63, 3.8) is 0 Å². The summed E-state index contributed by atoms with van der Waals surface area (Å²) in [5, 5.41) is 2.81. The van der Waals surface area contributed by atoms with Crippen molar-refractivity contribution in [2.24, 2.45) is 0 Å². The summed E-state index contributed by atoms with van der Waals surface area (Å²) in [5.41, 5.74) is 0. The van der Waals surface area contributed by atoms with Crippen molar-refractivity contribution in [2.45, 2.75) is 19.9 Å². The molecule has 0 aromatic heterocycles. The number of thiol groups is 1. The molecule has 0 rings (SSSR count). The van der Waals surface area contributed by atoms with Gasteiger partial charge in [0.25, 0.3) is 0 Å². The summed E-state index contributed by atoms with van der Waals surface area (Å²) in [4.78, 5) is 10.3. The van der Waals surface area contributed by atoms with Gasteiger partial charge in [-0.05, 0) is 13.5 Å². The van der Waals surface area contributed by atoms with Crippen molar-refractivity contribution in [1.29, 1.82) is 0 Å². The summed E-state index contributed by atoms with van der Waals surface area (Å²) in [7, 11) is 0. The van der Waals surface area contributed by atoms with E-state index in [9.17, 15) is 4.79 Å². The molecule has 3 heteroatoms. The third kappa shape index (κ3) is 3.04. The van der Waals surface area contributed by atoms with Crippen LogP contribution in [0.1, 0.15) is 13.8 Å². The lowest BCUT2D eigenvalue weighted by molar-refractivity contribution is -0.112. The van der Waals surface area contributed by atoms with E-state index < -0.39 is 0 Å². The Labute approximate surface area is 55.1 Å². The molecule has 0 heterocycles. The fraction of sp³-hybridized carbons (Fsp3) is 0.800. The molecule has 0 saturated heterocycles. The molecule has 0 fully saturated rings. The average molecular weight is 133 g/mol. The van der Waals surface area contributed by atoms with Crippen LogP contribution in [-0.2, 0) is 4.79 Å². The van der Waals surface area contributed by atoms with Crippen molar-refractivity contribution in [3.05, 3.63) is 0 Å². The van der Waals surface area contributed by atoms with Gasteiger partial charge in [0.2, 0.25) is 5.12 Å². The Balaban J connectivity index is 3.32. The van der Waals surface area contributed by atoms with Gasteiger partial charge >= 0.3 is 0 Å². The van der Waals surface area contributed by atoms with Crippen molar-refractivity contribution < 1.29 is 4.79 Å². The Hall–Kier alpha value is -0.0200. The van der Waals surface area contributed by atoms with Crippen LogP contribution < -0.4 is 5.32 Å². The first-order valence-corrected chi connectivity index (χ1v) is 3.09. The third-order valence-electron chi connectivity index (χ3n) is 0.881. The highest BCUT2D eigenvalue weighted by atomic mass is 32.1. The number of carbonyl (C=O) groups excluding carboxylic acids is 1. The van der Waals surface area contributed by atoms with Gasteiger partial charge in [-0.2, -0.15) is 0 Å². The van der Waals surface area contributed by atoms with Gasteiger partial charge in [-0.1, -0.05) is 6.92 Å². The zero-order valence-electron chi connectivity index (χ0n) is 5.14. The van der Waals surface area contributed by atoms with E-state index in [2.05, 4.69) is 17.9 Å². The summed E-state index contributed by atoms with van der Waals surface area (Å²) in [6.07, 6.45) is 0. The van der Waals surface area contributed by atoms with Crippen LogP contribution in [-0.4, -0.2) is 17.7 Å². The summed E-state index contributed by atoms with van der Waals surface area (Å²) in [6.45, 7) is 4.56. The van der Waals surface area contributed by atoms with Gasteiger partial charge in [0.15, 0.2) is 0 Å². The minimum atomic E-state index is -0.108. The molecular formula is C5H11NOS. The Kier molecular flexibility index (Phi) is 3.91. The topological polar surface area (TPSA) is 29.1 Å². The fourth-order valence-corrected chi connectivity index (χ4v) is 0.485. The molecule has 0 spiro atoms. The second-order valence-corrected chi connectivity index (χ2v) is 2.06. The summed E-state index contributed by atoms with van der Waals surface area (Å²) in [5.74, 6) is 0. The molecule has 48 valence electrons. The molecule has 0 aliphatic carbocycles. The van der Waals surface area contributed by atoms with Crippen LogP contribution in [0.15, 0.2) is 0 Å². The van der Waals surface area contributed by atoms with Gasteiger partial charge in [-0.25, -0.2) is 0 Å². The van der Waals surface area contributed by atoms with Gasteiger partial charge in [0, 0.05) is 0 Å². The van der Waals surface area contributed by atoms with Crippen molar-refractivity contribution in [2.75, 3.05) is 6.54 Å². The van der Waals surface area contributed by atoms with Crippen LogP contribution >= 0.6 is 12.6 Å². The van der Waals surface area contributed by atoms with E-state index in [1.165, 1.54) is 0 Å². The molecule has 2 nitrogen and oxygen atoms in total. The highest BCUT2D eigenvalue weighted by Crippen LogP contribution is 1.86. The second-order valence-electron chi connectivity index (χ2n) is 1.62. The van der Waals surface area contributed by atoms with Crippen LogP contribution in [0.2, 0.25) is 0 Å². The van der Waals surface area contributed by atoms with Crippen molar-refractivity contribution in [1.82, 2.24) is 5.32 Å². The predicted molar refractivity (Wildman–Crippen MR) is 37.1 cm³/mol. The SMILES string of the molecule is CCN[C@@H](C)C(=O)S. The van der Waals surface area contributed by atoms with Crippen molar-refractivity contribution in [3.8, 4) is 0 Å². The minimum absolute atomic E-state index is 0.105. The third-order valence-corrected chi connectivity index (χ3v) is 1.27. The molecule has 0 aliphatic heterocycles. The lowest BCUT2D eigenvalue weighted by atomic mass is 10.4. The highest BCUT2D eigenvalue weighted by Gasteiger charge is 2.03. The lowest BCUT2D eigenvalue weighted by Crippen LogP contribution is -2.30. The van der Waals surface area contributed by atoms with E-state index in [1.54, 1.807) is 6.92 Å². The largest absolute Gasteiger partial charge is 0.307 e. The Bertz CT molecular complexity index is 84.5. The Morgan fingerprint density at radius 3 is 2.50 bits per heavy atom. The molecule has 0 amide bonds. The zero-order chi connectivity index (χ0) is 6.57. The number of carbonyl (C=O) groups is 1. The van der Waals surface area contributed by atoms with E-state index in [-0.39, 0.29) is 11.2 Å². The van der Waals surface area contributed by atoms with Gasteiger partial charge in [0.1, 0.15) is 0 Å². The zero-order valence-corrected chi connectivity index (χ0v) is 6.03. The summed E-state index contributed by atoms with van der Waals surface area (Å²) < 4.78 is 0. The normalized spacial score (nSPS) is 13.4. The number of likely N-dealkylation sites (N-methyl/N-ethyl adjacent to an activating group) is 1. The number of nitrogens with one attached hydrogen (secondary N) is 1. The van der Waals surface area contributed by atoms with E-state index in [0.29, 0.717) is 0 Å². The van der Waals surface area contributed by atoms with Crippen molar-refractivity contribution >= 4 is 17.7 Å². The standard InChI is InChI=1S/C5H11NOS/c1-3-6-4(2)5(7)8/h4,6H,3H2,1-2H3,(H,7,8)/t4-/m0/s1. The molecule has 0 aliphatic rings. The molecule has 0 radical (unpaired) electrons. The molecule has 1 N–H and O–H groups in total. The molecule has 0 aromatic rings. The van der Waals surface area contributed by atoms with E-state index in [1.807, 2.05) is 6.92 Å². The van der Waals surface area contributed by atoms with Crippen LogP contribution in [0.25, 0.3) is 0 Å². The van der Waals surface area contributed by atoms with E-state index in [0.717, 1.165) is 6.54 Å². The fourth-order valence-electron chi connectivity index (χ4n) is 0.393. The minimum Gasteiger partial charge on any atom is -0.307 e. The first-order chi connectivity index (χ1) is 3.68. The maximum atomic E-state index is 10.3.